The Kier molecular flexibility index (Phi) is 3.27. The van der Waals surface area contributed by atoms with Crippen molar-refractivity contribution in [2.24, 2.45) is 5.10 Å². The Hall–Kier alpha value is -2.15. The Labute approximate surface area is 120 Å². The zero-order chi connectivity index (χ0) is 14.1. The highest BCUT2D eigenvalue weighted by atomic mass is 32.2. The fourth-order valence-electron chi connectivity index (χ4n) is 1.99. The van der Waals surface area contributed by atoms with Crippen molar-refractivity contribution in [3.63, 3.8) is 0 Å². The van der Waals surface area contributed by atoms with Crippen molar-refractivity contribution in [1.29, 1.82) is 0 Å². The van der Waals surface area contributed by atoms with E-state index in [9.17, 15) is 4.79 Å². The van der Waals surface area contributed by atoms with Crippen molar-refractivity contribution in [3.8, 4) is 11.5 Å². The van der Waals surface area contributed by atoms with Gasteiger partial charge in [-0.25, -0.2) is 0 Å². The molecule has 1 saturated heterocycles. The van der Waals surface area contributed by atoms with Crippen molar-refractivity contribution in [2.75, 3.05) is 20.0 Å². The minimum absolute atomic E-state index is 0.0354. The molecule has 0 bridgehead atoms. The Bertz CT molecular complexity index is 627. The fraction of sp³-hybridized carbons (Fsp3) is 0.231. The maximum atomic E-state index is 11.7. The van der Waals surface area contributed by atoms with Gasteiger partial charge < -0.3 is 9.47 Å². The molecule has 0 spiro atoms. The Morgan fingerprint density at radius 3 is 2.85 bits per heavy atom. The quantitative estimate of drug-likeness (QED) is 0.913. The van der Waals surface area contributed by atoms with E-state index in [1.165, 1.54) is 11.8 Å². The number of carbonyl (C=O) groups excluding carboxylic acids is 1. The summed E-state index contributed by atoms with van der Waals surface area (Å²) in [4.78, 5) is 13.3. The third kappa shape index (κ3) is 2.09. The van der Waals surface area contributed by atoms with Crippen LogP contribution in [0.5, 0.6) is 11.5 Å². The molecule has 1 amide bonds. The van der Waals surface area contributed by atoms with E-state index < -0.39 is 0 Å². The number of rotatable bonds is 3. The third-order valence-corrected chi connectivity index (χ3v) is 3.96. The van der Waals surface area contributed by atoms with E-state index in [0.717, 1.165) is 11.3 Å². The lowest BCUT2D eigenvalue weighted by molar-refractivity contribution is -0.122. The number of benzene rings is 1. The molecule has 104 valence electrons. The molecule has 0 aromatic heterocycles. The molecule has 3 rings (SSSR count). The third-order valence-electron chi connectivity index (χ3n) is 3.02. The van der Waals surface area contributed by atoms with Gasteiger partial charge in [0.1, 0.15) is 0 Å². The van der Waals surface area contributed by atoms with Gasteiger partial charge in [-0.05, 0) is 18.2 Å². The van der Waals surface area contributed by atoms with E-state index in [1.807, 2.05) is 18.2 Å². The summed E-state index contributed by atoms with van der Waals surface area (Å²) in [7, 11) is 3.17. The molecular weight excluding hydrogens is 278 g/mol. The monoisotopic (exact) mass is 291 g/mol. The lowest BCUT2D eigenvalue weighted by Gasteiger charge is -2.20. The second-order valence-electron chi connectivity index (χ2n) is 4.17. The number of nitrogens with zero attached hydrogens (tertiary/aromatic N) is 2. The van der Waals surface area contributed by atoms with Gasteiger partial charge in [0.15, 0.2) is 16.7 Å². The normalized spacial score (nSPS) is 17.1. The Balaban J connectivity index is 1.94. The van der Waals surface area contributed by atoms with Crippen LogP contribution in [-0.4, -0.2) is 35.9 Å². The van der Waals surface area contributed by atoms with E-state index >= 15 is 0 Å². The zero-order valence-electron chi connectivity index (χ0n) is 11.0. The van der Waals surface area contributed by atoms with Crippen LogP contribution in [0.3, 0.4) is 0 Å². The molecule has 1 N–H and O–H groups in total. The number of hydrazone groups is 1. The molecule has 0 radical (unpaired) electrons. The zero-order valence-corrected chi connectivity index (χ0v) is 11.9. The summed E-state index contributed by atoms with van der Waals surface area (Å²) in [6.45, 7) is 0. The maximum absolute atomic E-state index is 11.7. The molecule has 0 atom stereocenters. The first-order chi connectivity index (χ1) is 9.72. The summed E-state index contributed by atoms with van der Waals surface area (Å²) in [5, 5.41) is 4.87. The molecule has 2 heterocycles. The van der Waals surface area contributed by atoms with Crippen LogP contribution in [-0.2, 0) is 4.79 Å². The number of thioether (sulfide) groups is 1. The average molecular weight is 291 g/mol. The van der Waals surface area contributed by atoms with Crippen LogP contribution in [0.15, 0.2) is 29.5 Å². The van der Waals surface area contributed by atoms with Gasteiger partial charge in [-0.1, -0.05) is 11.8 Å². The van der Waals surface area contributed by atoms with Crippen molar-refractivity contribution in [1.82, 2.24) is 10.3 Å². The molecular formula is C13H13N3O3S. The van der Waals surface area contributed by atoms with Gasteiger partial charge in [-0.3, -0.25) is 15.1 Å². The van der Waals surface area contributed by atoms with E-state index in [4.69, 9.17) is 9.47 Å². The van der Waals surface area contributed by atoms with Crippen LogP contribution in [0, 0.1) is 0 Å². The summed E-state index contributed by atoms with van der Waals surface area (Å²) < 4.78 is 10.5. The van der Waals surface area contributed by atoms with Crippen molar-refractivity contribution in [3.05, 3.63) is 30.0 Å². The van der Waals surface area contributed by atoms with Gasteiger partial charge in [-0.2, -0.15) is 0 Å². The van der Waals surface area contributed by atoms with Crippen LogP contribution in [0.25, 0.3) is 5.70 Å². The summed E-state index contributed by atoms with van der Waals surface area (Å²) in [6, 6.07) is 5.54. The number of methoxy groups -OCH3 is 2. The van der Waals surface area contributed by atoms with Gasteiger partial charge >= 0.3 is 0 Å². The largest absolute Gasteiger partial charge is 0.493 e. The molecule has 0 saturated carbocycles. The number of hydrogen-bond acceptors (Lipinski definition) is 6. The number of amidine groups is 1. The summed E-state index contributed by atoms with van der Waals surface area (Å²) in [5.74, 6) is 1.75. The molecule has 7 heteroatoms. The first-order valence-corrected chi connectivity index (χ1v) is 6.94. The highest BCUT2D eigenvalue weighted by molar-refractivity contribution is 8.15. The lowest BCUT2D eigenvalue weighted by atomic mass is 10.1. The minimum Gasteiger partial charge on any atom is -0.493 e. The smallest absolute Gasteiger partial charge is 0.243 e. The molecule has 1 aromatic rings. The molecule has 0 unspecified atom stereocenters. The summed E-state index contributed by atoms with van der Waals surface area (Å²) in [6.07, 6.45) is 1.76. The first-order valence-electron chi connectivity index (χ1n) is 5.95. The molecule has 0 aliphatic carbocycles. The van der Waals surface area contributed by atoms with E-state index in [2.05, 4.69) is 10.5 Å². The van der Waals surface area contributed by atoms with E-state index in [1.54, 1.807) is 25.3 Å². The van der Waals surface area contributed by atoms with Gasteiger partial charge in [0, 0.05) is 11.8 Å². The van der Waals surface area contributed by atoms with Gasteiger partial charge in [0.05, 0.1) is 25.7 Å². The predicted octanol–water partition coefficient (Wildman–Crippen LogP) is 1.45. The number of nitrogens with one attached hydrogen (secondary N) is 1. The van der Waals surface area contributed by atoms with Crippen molar-refractivity contribution in [2.45, 2.75) is 0 Å². The SMILES string of the molecule is COc1ccc(C2=CN3C(=O)CSC3=NN2)cc1OC. The highest BCUT2D eigenvalue weighted by Gasteiger charge is 2.29. The lowest BCUT2D eigenvalue weighted by Crippen LogP contribution is -2.30. The molecule has 2 aliphatic heterocycles. The predicted molar refractivity (Wildman–Crippen MR) is 77.4 cm³/mol. The standard InChI is InChI=1S/C13H13N3O3S/c1-18-10-4-3-8(5-11(10)19-2)9-6-16-12(17)7-20-13(16)15-14-9/h3-6,14H,7H2,1-2H3. The average Bonchev–Trinajstić information content (AvgIpc) is 2.87. The second-order valence-corrected chi connectivity index (χ2v) is 5.11. The van der Waals surface area contributed by atoms with Crippen LogP contribution in [0.4, 0.5) is 0 Å². The van der Waals surface area contributed by atoms with Crippen LogP contribution >= 0.6 is 11.8 Å². The molecule has 1 fully saturated rings. The highest BCUT2D eigenvalue weighted by Crippen LogP contribution is 2.31. The fourth-order valence-corrected chi connectivity index (χ4v) is 2.79. The number of carbonyl (C=O) groups is 1. The first kappa shape index (κ1) is 12.9. The van der Waals surface area contributed by atoms with Gasteiger partial charge in [0.25, 0.3) is 0 Å². The van der Waals surface area contributed by atoms with Crippen LogP contribution < -0.4 is 14.9 Å². The number of amides is 1. The van der Waals surface area contributed by atoms with Crippen LogP contribution in [0.2, 0.25) is 0 Å². The Morgan fingerprint density at radius 1 is 1.30 bits per heavy atom. The molecule has 2 aliphatic rings. The number of hydrogen-bond donors (Lipinski definition) is 1. The number of ether oxygens (including phenoxy) is 2. The Morgan fingerprint density at radius 2 is 2.10 bits per heavy atom. The molecule has 6 nitrogen and oxygen atoms in total. The van der Waals surface area contributed by atoms with E-state index in [0.29, 0.717) is 22.4 Å². The molecule has 20 heavy (non-hydrogen) atoms. The van der Waals surface area contributed by atoms with E-state index in [-0.39, 0.29) is 5.91 Å². The van der Waals surface area contributed by atoms with Gasteiger partial charge in [0.2, 0.25) is 5.91 Å². The number of fused-ring (bicyclic) bond motifs is 1. The van der Waals surface area contributed by atoms with Crippen LogP contribution in [0.1, 0.15) is 5.56 Å². The maximum Gasteiger partial charge on any atom is 0.243 e. The summed E-state index contributed by atoms with van der Waals surface area (Å²) in [5.41, 5.74) is 4.57. The van der Waals surface area contributed by atoms with Crippen molar-refractivity contribution < 1.29 is 14.3 Å². The second kappa shape index (κ2) is 5.09. The molecule has 1 aromatic carbocycles. The minimum atomic E-state index is 0.0354. The van der Waals surface area contributed by atoms with Crippen molar-refractivity contribution >= 4 is 28.5 Å². The topological polar surface area (TPSA) is 63.2 Å². The van der Waals surface area contributed by atoms with Gasteiger partial charge in [-0.15, -0.1) is 5.10 Å². The summed E-state index contributed by atoms with van der Waals surface area (Å²) >= 11 is 1.42.